The second-order valence-electron chi connectivity index (χ2n) is 8.65. The summed E-state index contributed by atoms with van der Waals surface area (Å²) in [5, 5.41) is 0.508. The molecule has 0 bridgehead atoms. The fourth-order valence-electron chi connectivity index (χ4n) is 3.74. The summed E-state index contributed by atoms with van der Waals surface area (Å²) in [6, 6.07) is 7.40. The molecule has 0 aromatic heterocycles. The van der Waals surface area contributed by atoms with E-state index in [1.54, 1.807) is 24.3 Å². The highest BCUT2D eigenvalue weighted by Crippen LogP contribution is 2.49. The molecular formula is C22H22ClFN2O4S. The number of benzene rings is 2. The first-order chi connectivity index (χ1) is 14.5. The average Bonchev–Trinajstić information content (AvgIpc) is 3.43. The van der Waals surface area contributed by atoms with Crippen LogP contribution in [0, 0.1) is 11.2 Å². The molecule has 2 aliphatic rings. The van der Waals surface area contributed by atoms with E-state index in [1.165, 1.54) is 11.0 Å². The highest BCUT2D eigenvalue weighted by Gasteiger charge is 2.41. The summed E-state index contributed by atoms with van der Waals surface area (Å²) in [4.78, 5) is 26.6. The summed E-state index contributed by atoms with van der Waals surface area (Å²) in [6.45, 7) is 1.95. The molecule has 31 heavy (non-hydrogen) atoms. The smallest absolute Gasteiger partial charge is 0.245 e. The van der Waals surface area contributed by atoms with Crippen LogP contribution in [0.2, 0.25) is 5.02 Å². The molecule has 2 N–H and O–H groups in total. The SMILES string of the molecule is CC1(CC(=O)c2cc3c(cc2F)S(=O)(=O)C[C@H](N)C(=O)N3Cc2ccc(Cl)cc2)CC1. The largest absolute Gasteiger partial charge is 0.319 e. The minimum atomic E-state index is -4.04. The van der Waals surface area contributed by atoms with Crippen LogP contribution in [-0.2, 0) is 21.2 Å². The highest BCUT2D eigenvalue weighted by molar-refractivity contribution is 7.91. The lowest BCUT2D eigenvalue weighted by Crippen LogP contribution is -2.45. The molecule has 164 valence electrons. The maximum Gasteiger partial charge on any atom is 0.245 e. The van der Waals surface area contributed by atoms with E-state index in [4.69, 9.17) is 17.3 Å². The lowest BCUT2D eigenvalue weighted by atomic mass is 9.96. The Labute approximate surface area is 185 Å². The molecule has 1 saturated carbocycles. The molecule has 0 saturated heterocycles. The normalized spacial score (nSPS) is 21.4. The van der Waals surface area contributed by atoms with Crippen molar-refractivity contribution in [1.29, 1.82) is 0 Å². The van der Waals surface area contributed by atoms with Crippen LogP contribution < -0.4 is 10.6 Å². The number of carbonyl (C=O) groups excluding carboxylic acids is 2. The van der Waals surface area contributed by atoms with E-state index in [-0.39, 0.29) is 34.5 Å². The molecule has 0 radical (unpaired) electrons. The third kappa shape index (κ3) is 4.37. The van der Waals surface area contributed by atoms with Crippen LogP contribution in [0.15, 0.2) is 41.3 Å². The minimum Gasteiger partial charge on any atom is -0.319 e. The van der Waals surface area contributed by atoms with Crippen molar-refractivity contribution in [3.05, 3.63) is 58.4 Å². The zero-order valence-electron chi connectivity index (χ0n) is 16.9. The first-order valence-electron chi connectivity index (χ1n) is 9.90. The number of nitrogens with two attached hydrogens (primary N) is 1. The number of hydrogen-bond acceptors (Lipinski definition) is 5. The number of rotatable bonds is 5. The lowest BCUT2D eigenvalue weighted by molar-refractivity contribution is -0.119. The molecule has 1 heterocycles. The zero-order chi connectivity index (χ0) is 22.6. The molecule has 1 amide bonds. The first-order valence-corrected chi connectivity index (χ1v) is 11.9. The third-order valence-corrected chi connectivity index (χ3v) is 7.95. The van der Waals surface area contributed by atoms with Gasteiger partial charge >= 0.3 is 0 Å². The van der Waals surface area contributed by atoms with E-state index in [1.807, 2.05) is 6.92 Å². The molecule has 1 atom stereocenters. The third-order valence-electron chi connectivity index (χ3n) is 5.90. The van der Waals surface area contributed by atoms with Crippen LogP contribution in [0.25, 0.3) is 0 Å². The Kier molecular flexibility index (Phi) is 5.44. The number of Topliss-reactive ketones (excluding diaryl/α,β-unsaturated/α-hetero) is 1. The van der Waals surface area contributed by atoms with E-state index in [9.17, 15) is 22.4 Å². The van der Waals surface area contributed by atoms with Crippen molar-refractivity contribution in [3.63, 3.8) is 0 Å². The van der Waals surface area contributed by atoms with Gasteiger partial charge in [-0.2, -0.15) is 0 Å². The Morgan fingerprint density at radius 3 is 2.52 bits per heavy atom. The second-order valence-corrected chi connectivity index (χ2v) is 11.1. The molecule has 6 nitrogen and oxygen atoms in total. The van der Waals surface area contributed by atoms with Crippen LogP contribution in [0.5, 0.6) is 0 Å². The van der Waals surface area contributed by atoms with Gasteiger partial charge in [-0.25, -0.2) is 12.8 Å². The van der Waals surface area contributed by atoms with Gasteiger partial charge in [0, 0.05) is 11.4 Å². The Hall–Kier alpha value is -2.29. The summed E-state index contributed by atoms with van der Waals surface area (Å²) in [7, 11) is -4.04. The first kappa shape index (κ1) is 21.9. The highest BCUT2D eigenvalue weighted by atomic mass is 35.5. The fraction of sp³-hybridized carbons (Fsp3) is 0.364. The van der Waals surface area contributed by atoms with Crippen molar-refractivity contribution >= 4 is 38.8 Å². The van der Waals surface area contributed by atoms with Gasteiger partial charge in [0.2, 0.25) is 5.91 Å². The van der Waals surface area contributed by atoms with E-state index >= 15 is 0 Å². The average molecular weight is 465 g/mol. The quantitative estimate of drug-likeness (QED) is 0.683. The molecule has 1 aliphatic heterocycles. The Morgan fingerprint density at radius 2 is 1.90 bits per heavy atom. The molecule has 1 aliphatic carbocycles. The van der Waals surface area contributed by atoms with Crippen LogP contribution >= 0.6 is 11.6 Å². The van der Waals surface area contributed by atoms with Crippen molar-refractivity contribution in [3.8, 4) is 0 Å². The predicted octanol–water partition coefficient (Wildman–Crippen LogP) is 3.50. The summed E-state index contributed by atoms with van der Waals surface area (Å²) in [6.07, 6.45) is 1.94. The minimum absolute atomic E-state index is 0.00317. The molecule has 2 aromatic rings. The van der Waals surface area contributed by atoms with E-state index in [0.717, 1.165) is 18.9 Å². The van der Waals surface area contributed by atoms with Crippen molar-refractivity contribution in [2.75, 3.05) is 10.7 Å². The number of amides is 1. The van der Waals surface area contributed by atoms with Gasteiger partial charge in [-0.1, -0.05) is 30.7 Å². The predicted molar refractivity (Wildman–Crippen MR) is 115 cm³/mol. The molecule has 1 fully saturated rings. The van der Waals surface area contributed by atoms with Crippen LogP contribution in [0.1, 0.15) is 42.1 Å². The van der Waals surface area contributed by atoms with E-state index in [2.05, 4.69) is 0 Å². The van der Waals surface area contributed by atoms with E-state index in [0.29, 0.717) is 10.6 Å². The lowest BCUT2D eigenvalue weighted by Gasteiger charge is -2.25. The molecule has 9 heteroatoms. The Balaban J connectivity index is 1.83. The Morgan fingerprint density at radius 1 is 1.26 bits per heavy atom. The van der Waals surface area contributed by atoms with Crippen LogP contribution in [-0.4, -0.2) is 31.9 Å². The Bertz CT molecular complexity index is 1180. The maximum atomic E-state index is 14.9. The number of anilines is 1. The van der Waals surface area contributed by atoms with Gasteiger partial charge in [0.1, 0.15) is 5.82 Å². The number of carbonyl (C=O) groups is 2. The second kappa shape index (κ2) is 7.69. The van der Waals surface area contributed by atoms with Gasteiger partial charge in [-0.3, -0.25) is 9.59 Å². The van der Waals surface area contributed by atoms with Crippen molar-refractivity contribution in [1.82, 2.24) is 0 Å². The molecular weight excluding hydrogens is 443 g/mol. The number of nitrogens with zero attached hydrogens (tertiary/aromatic N) is 1. The maximum absolute atomic E-state index is 14.9. The molecule has 0 unspecified atom stereocenters. The topological polar surface area (TPSA) is 97.5 Å². The number of halogens is 2. The van der Waals surface area contributed by atoms with Crippen LogP contribution in [0.3, 0.4) is 0 Å². The van der Waals surface area contributed by atoms with Gasteiger partial charge in [0.15, 0.2) is 15.6 Å². The molecule has 0 spiro atoms. The zero-order valence-corrected chi connectivity index (χ0v) is 18.5. The van der Waals surface area contributed by atoms with Gasteiger partial charge in [-0.05, 0) is 48.1 Å². The number of hydrogen-bond donors (Lipinski definition) is 1. The number of sulfone groups is 1. The van der Waals surface area contributed by atoms with Gasteiger partial charge in [-0.15, -0.1) is 0 Å². The van der Waals surface area contributed by atoms with Crippen molar-refractivity contribution < 1.29 is 22.4 Å². The van der Waals surface area contributed by atoms with Crippen LogP contribution in [0.4, 0.5) is 10.1 Å². The van der Waals surface area contributed by atoms with Gasteiger partial charge in [0.05, 0.1) is 34.5 Å². The summed E-state index contributed by atoms with van der Waals surface area (Å²) in [5.74, 6) is -2.58. The fourth-order valence-corrected chi connectivity index (χ4v) is 5.43. The van der Waals surface area contributed by atoms with E-state index < -0.39 is 39.1 Å². The summed E-state index contributed by atoms with van der Waals surface area (Å²) >= 11 is 5.92. The van der Waals surface area contributed by atoms with Crippen molar-refractivity contribution in [2.45, 2.75) is 43.7 Å². The number of fused-ring (bicyclic) bond motifs is 1. The van der Waals surface area contributed by atoms with Gasteiger partial charge < -0.3 is 10.6 Å². The monoisotopic (exact) mass is 464 g/mol. The van der Waals surface area contributed by atoms with Crippen molar-refractivity contribution in [2.24, 2.45) is 11.1 Å². The molecule has 2 aromatic carbocycles. The summed E-state index contributed by atoms with van der Waals surface area (Å²) in [5.41, 5.74) is 6.16. The molecule has 4 rings (SSSR count). The standard InChI is InChI=1S/C22H22ClFN2O4S/c1-22(6-7-22)10-19(27)15-8-18-20(9-16(15)24)31(29,30)12-17(25)21(28)26(18)11-13-2-4-14(23)5-3-13/h2-5,8-9,17H,6-7,10-12,25H2,1H3/t17-/m0/s1. The number of ketones is 1. The van der Waals surface area contributed by atoms with Gasteiger partial charge in [0.25, 0.3) is 0 Å². The summed E-state index contributed by atoms with van der Waals surface area (Å²) < 4.78 is 40.5.